The van der Waals surface area contributed by atoms with Gasteiger partial charge in [-0.2, -0.15) is 0 Å². The first-order chi connectivity index (χ1) is 9.06. The molecule has 0 amide bonds. The van der Waals surface area contributed by atoms with E-state index in [4.69, 9.17) is 25.8 Å². The number of hydrogen-bond donors (Lipinski definition) is 0. The number of carbonyl (C=O) groups excluding carboxylic acids is 1. The molecule has 0 saturated carbocycles. The van der Waals surface area contributed by atoms with Crippen LogP contribution in [0, 0.1) is 0 Å². The molecule has 0 bridgehead atoms. The van der Waals surface area contributed by atoms with E-state index in [0.29, 0.717) is 29.2 Å². The Bertz CT molecular complexity index is 462. The summed E-state index contributed by atoms with van der Waals surface area (Å²) in [5.41, 5.74) is 0.235. The average molecular weight is 352 g/mol. The van der Waals surface area contributed by atoms with Crippen LogP contribution in [0.3, 0.4) is 0 Å². The van der Waals surface area contributed by atoms with Crippen molar-refractivity contribution in [2.24, 2.45) is 0 Å². The lowest BCUT2D eigenvalue weighted by atomic mass is 10.2. The van der Waals surface area contributed by atoms with Crippen LogP contribution in [0.25, 0.3) is 0 Å². The second-order valence-electron chi connectivity index (χ2n) is 3.47. The zero-order chi connectivity index (χ0) is 14.4. The topological polar surface area (TPSA) is 44.8 Å². The van der Waals surface area contributed by atoms with Gasteiger partial charge in [0.05, 0.1) is 30.4 Å². The molecule has 4 nitrogen and oxygen atoms in total. The third-order valence-corrected chi connectivity index (χ3v) is 3.34. The van der Waals surface area contributed by atoms with Crippen molar-refractivity contribution < 1.29 is 19.0 Å². The second kappa shape index (κ2) is 7.60. The molecule has 1 aromatic carbocycles. The highest BCUT2D eigenvalue weighted by molar-refractivity contribution is 9.10. The van der Waals surface area contributed by atoms with Crippen LogP contribution >= 0.6 is 27.5 Å². The maximum Gasteiger partial charge on any atom is 0.339 e. The monoisotopic (exact) mass is 350 g/mol. The van der Waals surface area contributed by atoms with Gasteiger partial charge in [-0.1, -0.05) is 11.6 Å². The van der Waals surface area contributed by atoms with E-state index >= 15 is 0 Å². The first-order valence-electron chi connectivity index (χ1n) is 6.01. The molecule has 0 atom stereocenters. The molecule has 0 fully saturated rings. The van der Waals surface area contributed by atoms with Crippen LogP contribution < -0.4 is 9.47 Å². The van der Waals surface area contributed by atoms with Gasteiger partial charge in [0.1, 0.15) is 10.2 Å². The SMILES string of the molecule is CCOC(=O)c1cc(OCC)c(Br)c(OCC)c1Cl. The van der Waals surface area contributed by atoms with E-state index in [1.165, 1.54) is 0 Å². The van der Waals surface area contributed by atoms with E-state index in [9.17, 15) is 4.79 Å². The number of benzene rings is 1. The Kier molecular flexibility index (Phi) is 6.45. The molecule has 0 N–H and O–H groups in total. The molecule has 0 aliphatic rings. The van der Waals surface area contributed by atoms with Crippen LogP contribution in [-0.4, -0.2) is 25.8 Å². The van der Waals surface area contributed by atoms with Gasteiger partial charge < -0.3 is 14.2 Å². The maximum atomic E-state index is 11.9. The quantitative estimate of drug-likeness (QED) is 0.725. The van der Waals surface area contributed by atoms with Crippen LogP contribution in [0.2, 0.25) is 5.02 Å². The van der Waals surface area contributed by atoms with Crippen molar-refractivity contribution in [2.75, 3.05) is 19.8 Å². The third kappa shape index (κ3) is 3.76. The van der Waals surface area contributed by atoms with Gasteiger partial charge >= 0.3 is 5.97 Å². The zero-order valence-corrected chi connectivity index (χ0v) is 13.4. The van der Waals surface area contributed by atoms with Crippen molar-refractivity contribution in [2.45, 2.75) is 20.8 Å². The highest BCUT2D eigenvalue weighted by Crippen LogP contribution is 2.42. The van der Waals surface area contributed by atoms with Gasteiger partial charge in [0.2, 0.25) is 0 Å². The van der Waals surface area contributed by atoms with E-state index in [0.717, 1.165) is 0 Å². The van der Waals surface area contributed by atoms with Crippen LogP contribution in [0.5, 0.6) is 11.5 Å². The minimum Gasteiger partial charge on any atom is -0.493 e. The third-order valence-electron chi connectivity index (χ3n) is 2.21. The summed E-state index contributed by atoms with van der Waals surface area (Å²) in [5.74, 6) is 0.387. The number of carbonyl (C=O) groups is 1. The standard InChI is InChI=1S/C13H16BrClO4/c1-4-17-9-7-8(13(16)19-6-3)11(15)12(10(9)14)18-5-2/h7H,4-6H2,1-3H3. The summed E-state index contributed by atoms with van der Waals surface area (Å²) in [6, 6.07) is 1.55. The van der Waals surface area contributed by atoms with E-state index in [2.05, 4.69) is 15.9 Å². The van der Waals surface area contributed by atoms with Crippen molar-refractivity contribution in [1.82, 2.24) is 0 Å². The maximum absolute atomic E-state index is 11.9. The minimum atomic E-state index is -0.498. The Morgan fingerprint density at radius 3 is 2.37 bits per heavy atom. The molecule has 0 saturated heterocycles. The molecule has 0 aromatic heterocycles. The summed E-state index contributed by atoms with van der Waals surface area (Å²) < 4.78 is 16.5. The van der Waals surface area contributed by atoms with Gasteiger partial charge in [-0.05, 0) is 42.8 Å². The molecule has 0 unspecified atom stereocenters. The Morgan fingerprint density at radius 2 is 1.84 bits per heavy atom. The second-order valence-corrected chi connectivity index (χ2v) is 4.64. The Labute approximate surface area is 126 Å². The summed E-state index contributed by atoms with van der Waals surface area (Å²) in [6.45, 7) is 6.59. The van der Waals surface area contributed by atoms with Crippen LogP contribution in [0.1, 0.15) is 31.1 Å². The van der Waals surface area contributed by atoms with Crippen LogP contribution in [0.15, 0.2) is 10.5 Å². The summed E-state index contributed by atoms with van der Waals surface area (Å²) in [6.07, 6.45) is 0. The largest absolute Gasteiger partial charge is 0.493 e. The van der Waals surface area contributed by atoms with Gasteiger partial charge in [-0.15, -0.1) is 0 Å². The molecule has 0 heterocycles. The van der Waals surface area contributed by atoms with Gasteiger partial charge in [0.15, 0.2) is 5.75 Å². The summed E-state index contributed by atoms with van der Waals surface area (Å²) >= 11 is 9.55. The van der Waals surface area contributed by atoms with Crippen LogP contribution in [-0.2, 0) is 4.74 Å². The minimum absolute atomic E-state index is 0.218. The highest BCUT2D eigenvalue weighted by atomic mass is 79.9. The van der Waals surface area contributed by atoms with Crippen molar-refractivity contribution >= 4 is 33.5 Å². The predicted molar refractivity (Wildman–Crippen MR) is 77.4 cm³/mol. The molecule has 106 valence electrons. The van der Waals surface area contributed by atoms with E-state index in [1.807, 2.05) is 13.8 Å². The smallest absolute Gasteiger partial charge is 0.339 e. The molecular weight excluding hydrogens is 335 g/mol. The lowest BCUT2D eigenvalue weighted by Gasteiger charge is -2.15. The lowest BCUT2D eigenvalue weighted by Crippen LogP contribution is -2.08. The number of hydrogen-bond acceptors (Lipinski definition) is 4. The lowest BCUT2D eigenvalue weighted by molar-refractivity contribution is 0.0525. The van der Waals surface area contributed by atoms with Crippen LogP contribution in [0.4, 0.5) is 0 Å². The number of halogens is 2. The van der Waals surface area contributed by atoms with Gasteiger partial charge in [-0.25, -0.2) is 4.79 Å². The molecule has 19 heavy (non-hydrogen) atoms. The molecule has 0 radical (unpaired) electrons. The zero-order valence-electron chi connectivity index (χ0n) is 11.1. The van der Waals surface area contributed by atoms with Crippen molar-refractivity contribution in [3.05, 3.63) is 21.1 Å². The number of rotatable bonds is 6. The molecule has 1 rings (SSSR count). The molecule has 6 heteroatoms. The van der Waals surface area contributed by atoms with Gasteiger partial charge in [0.25, 0.3) is 0 Å². The Hall–Kier alpha value is -0.940. The first-order valence-corrected chi connectivity index (χ1v) is 7.18. The predicted octanol–water partition coefficient (Wildman–Crippen LogP) is 4.08. The van der Waals surface area contributed by atoms with Gasteiger partial charge in [-0.3, -0.25) is 0 Å². The summed E-state index contributed by atoms with van der Waals surface area (Å²) in [7, 11) is 0. The fourth-order valence-electron chi connectivity index (χ4n) is 1.48. The average Bonchev–Trinajstić information content (AvgIpc) is 2.38. The van der Waals surface area contributed by atoms with Crippen molar-refractivity contribution in [3.8, 4) is 11.5 Å². The summed E-state index contributed by atoms with van der Waals surface area (Å²) in [4.78, 5) is 11.9. The number of esters is 1. The van der Waals surface area contributed by atoms with Crippen molar-refractivity contribution in [3.63, 3.8) is 0 Å². The van der Waals surface area contributed by atoms with Crippen molar-refractivity contribution in [1.29, 1.82) is 0 Å². The molecular formula is C13H16BrClO4. The summed E-state index contributed by atoms with van der Waals surface area (Å²) in [5, 5.41) is 0.218. The fourth-order valence-corrected chi connectivity index (χ4v) is 2.41. The Morgan fingerprint density at radius 1 is 1.21 bits per heavy atom. The number of ether oxygens (including phenoxy) is 3. The molecule has 0 spiro atoms. The Balaban J connectivity index is 3.33. The molecule has 0 aliphatic heterocycles. The van der Waals surface area contributed by atoms with E-state index < -0.39 is 5.97 Å². The van der Waals surface area contributed by atoms with Gasteiger partial charge in [0, 0.05) is 0 Å². The molecule has 1 aromatic rings. The highest BCUT2D eigenvalue weighted by Gasteiger charge is 2.22. The molecule has 0 aliphatic carbocycles. The van der Waals surface area contributed by atoms with E-state index in [1.54, 1.807) is 13.0 Å². The first kappa shape index (κ1) is 16.1. The fraction of sp³-hybridized carbons (Fsp3) is 0.462. The van der Waals surface area contributed by atoms with E-state index in [-0.39, 0.29) is 17.2 Å². The normalized spacial score (nSPS) is 10.2.